The van der Waals surface area contributed by atoms with Gasteiger partial charge in [0, 0.05) is 18.0 Å². The molecule has 0 amide bonds. The van der Waals surface area contributed by atoms with Crippen molar-refractivity contribution >= 4 is 10.9 Å². The Hall–Kier alpha value is -1.41. The number of aromatic nitrogens is 1. The summed E-state index contributed by atoms with van der Waals surface area (Å²) in [7, 11) is 0. The van der Waals surface area contributed by atoms with Gasteiger partial charge in [-0.25, -0.2) is 0 Å². The van der Waals surface area contributed by atoms with Gasteiger partial charge in [0.25, 0.3) is 0 Å². The summed E-state index contributed by atoms with van der Waals surface area (Å²) in [6.45, 7) is 3.62. The van der Waals surface area contributed by atoms with Crippen molar-refractivity contribution in [3.8, 4) is 0 Å². The van der Waals surface area contributed by atoms with Crippen LogP contribution in [0.15, 0.2) is 36.5 Å². The highest BCUT2D eigenvalue weighted by Gasteiger charge is 2.13. The van der Waals surface area contributed by atoms with E-state index in [9.17, 15) is 5.11 Å². The molecular weight excluding hydrogens is 186 g/mol. The number of hydrogen-bond donors (Lipinski definition) is 1. The Labute approximate surface area is 89.6 Å². The maximum Gasteiger partial charge on any atom is 0.0702 e. The Morgan fingerprint density at radius 2 is 2.00 bits per heavy atom. The van der Waals surface area contributed by atoms with Crippen LogP contribution < -0.4 is 0 Å². The predicted octanol–water partition coefficient (Wildman–Crippen LogP) is 2.55. The van der Waals surface area contributed by atoms with Gasteiger partial charge in [-0.2, -0.15) is 0 Å². The number of rotatable bonds is 2. The van der Waals surface area contributed by atoms with E-state index >= 15 is 0 Å². The van der Waals surface area contributed by atoms with Gasteiger partial charge in [-0.15, -0.1) is 0 Å². The topological polar surface area (TPSA) is 33.1 Å². The van der Waals surface area contributed by atoms with Gasteiger partial charge < -0.3 is 5.11 Å². The first-order valence-electron chi connectivity index (χ1n) is 5.11. The number of para-hydroxylation sites is 1. The molecule has 0 atom stereocenters. The second-order valence-corrected chi connectivity index (χ2v) is 4.53. The van der Waals surface area contributed by atoms with Crippen LogP contribution in [0.1, 0.15) is 19.4 Å². The van der Waals surface area contributed by atoms with Crippen LogP contribution in [0.2, 0.25) is 0 Å². The van der Waals surface area contributed by atoms with Gasteiger partial charge in [0.1, 0.15) is 0 Å². The molecule has 0 saturated carbocycles. The molecule has 1 aromatic heterocycles. The van der Waals surface area contributed by atoms with Crippen molar-refractivity contribution in [1.82, 2.24) is 4.98 Å². The lowest BCUT2D eigenvalue weighted by Gasteiger charge is -2.16. The standard InChI is InChI=1S/C13H15NO/c1-13(2,15)8-10-7-11-5-3-4-6-12(11)14-9-10/h3-7,9,15H,8H2,1-2H3. The first-order valence-corrected chi connectivity index (χ1v) is 5.11. The molecule has 1 aromatic carbocycles. The molecule has 1 N–H and O–H groups in total. The summed E-state index contributed by atoms with van der Waals surface area (Å²) >= 11 is 0. The molecule has 2 rings (SSSR count). The zero-order chi connectivity index (χ0) is 10.9. The van der Waals surface area contributed by atoms with Crippen LogP contribution in [-0.4, -0.2) is 15.7 Å². The maximum atomic E-state index is 9.72. The molecule has 0 radical (unpaired) electrons. The summed E-state index contributed by atoms with van der Waals surface area (Å²) < 4.78 is 0. The minimum Gasteiger partial charge on any atom is -0.390 e. The largest absolute Gasteiger partial charge is 0.390 e. The van der Waals surface area contributed by atoms with Gasteiger partial charge in [-0.1, -0.05) is 18.2 Å². The second kappa shape index (κ2) is 3.63. The Kier molecular flexibility index (Phi) is 2.45. The van der Waals surface area contributed by atoms with E-state index in [0.717, 1.165) is 16.5 Å². The van der Waals surface area contributed by atoms with Crippen LogP contribution in [0.5, 0.6) is 0 Å². The van der Waals surface area contributed by atoms with Crippen LogP contribution in [-0.2, 0) is 6.42 Å². The summed E-state index contributed by atoms with van der Waals surface area (Å²) in [6.07, 6.45) is 2.46. The Morgan fingerprint density at radius 1 is 1.27 bits per heavy atom. The number of hydrogen-bond acceptors (Lipinski definition) is 2. The Bertz CT molecular complexity index is 471. The van der Waals surface area contributed by atoms with Gasteiger partial charge in [0.05, 0.1) is 11.1 Å². The third-order valence-corrected chi connectivity index (χ3v) is 2.28. The van der Waals surface area contributed by atoms with Gasteiger partial charge >= 0.3 is 0 Å². The number of benzene rings is 1. The first-order chi connectivity index (χ1) is 7.04. The van der Waals surface area contributed by atoms with E-state index in [0.29, 0.717) is 6.42 Å². The summed E-state index contributed by atoms with van der Waals surface area (Å²) in [5, 5.41) is 10.8. The molecule has 2 nitrogen and oxygen atoms in total. The molecular formula is C13H15NO. The molecule has 0 aliphatic heterocycles. The van der Waals surface area contributed by atoms with E-state index < -0.39 is 5.60 Å². The second-order valence-electron chi connectivity index (χ2n) is 4.53. The highest BCUT2D eigenvalue weighted by atomic mass is 16.3. The molecule has 0 unspecified atom stereocenters. The van der Waals surface area contributed by atoms with Crippen LogP contribution >= 0.6 is 0 Å². The summed E-state index contributed by atoms with van der Waals surface area (Å²) in [5.41, 5.74) is 1.39. The normalized spacial score (nSPS) is 11.9. The van der Waals surface area contributed by atoms with Gasteiger partial charge in [0.15, 0.2) is 0 Å². The lowest BCUT2D eigenvalue weighted by atomic mass is 9.99. The molecule has 1 heterocycles. The van der Waals surface area contributed by atoms with E-state index in [1.807, 2.05) is 44.3 Å². The first kappa shape index (κ1) is 10.1. The van der Waals surface area contributed by atoms with Crippen molar-refractivity contribution < 1.29 is 5.11 Å². The van der Waals surface area contributed by atoms with Crippen LogP contribution in [0, 0.1) is 0 Å². The molecule has 0 aliphatic carbocycles. The predicted molar refractivity (Wildman–Crippen MR) is 61.7 cm³/mol. The Morgan fingerprint density at radius 3 is 2.73 bits per heavy atom. The third kappa shape index (κ3) is 2.54. The fourth-order valence-corrected chi connectivity index (χ4v) is 1.71. The average molecular weight is 201 g/mol. The van der Waals surface area contributed by atoms with Crippen LogP contribution in [0.3, 0.4) is 0 Å². The molecule has 2 heteroatoms. The van der Waals surface area contributed by atoms with E-state index in [4.69, 9.17) is 0 Å². The van der Waals surface area contributed by atoms with Crippen molar-refractivity contribution in [1.29, 1.82) is 0 Å². The van der Waals surface area contributed by atoms with E-state index in [2.05, 4.69) is 11.1 Å². The average Bonchev–Trinajstić information content (AvgIpc) is 2.15. The number of fused-ring (bicyclic) bond motifs is 1. The van der Waals surface area contributed by atoms with Crippen molar-refractivity contribution in [2.45, 2.75) is 25.9 Å². The third-order valence-electron chi connectivity index (χ3n) is 2.28. The fraction of sp³-hybridized carbons (Fsp3) is 0.308. The zero-order valence-electron chi connectivity index (χ0n) is 9.07. The highest BCUT2D eigenvalue weighted by molar-refractivity contribution is 5.78. The van der Waals surface area contributed by atoms with Crippen LogP contribution in [0.25, 0.3) is 10.9 Å². The van der Waals surface area contributed by atoms with E-state index in [-0.39, 0.29) is 0 Å². The summed E-state index contributed by atoms with van der Waals surface area (Å²) in [4.78, 5) is 4.35. The van der Waals surface area contributed by atoms with Crippen molar-refractivity contribution in [3.63, 3.8) is 0 Å². The van der Waals surface area contributed by atoms with E-state index in [1.54, 1.807) is 0 Å². The highest BCUT2D eigenvalue weighted by Crippen LogP contribution is 2.16. The number of nitrogens with zero attached hydrogens (tertiary/aromatic N) is 1. The Balaban J connectivity index is 2.39. The van der Waals surface area contributed by atoms with Gasteiger partial charge in [0.2, 0.25) is 0 Å². The summed E-state index contributed by atoms with van der Waals surface area (Å²) in [5.74, 6) is 0. The number of aliphatic hydroxyl groups is 1. The molecule has 15 heavy (non-hydrogen) atoms. The van der Waals surface area contributed by atoms with Crippen molar-refractivity contribution in [2.24, 2.45) is 0 Å². The molecule has 0 bridgehead atoms. The van der Waals surface area contributed by atoms with E-state index in [1.165, 1.54) is 0 Å². The minimum atomic E-state index is -0.676. The smallest absolute Gasteiger partial charge is 0.0702 e. The van der Waals surface area contributed by atoms with Crippen molar-refractivity contribution in [2.75, 3.05) is 0 Å². The van der Waals surface area contributed by atoms with Gasteiger partial charge in [-0.3, -0.25) is 4.98 Å². The monoisotopic (exact) mass is 201 g/mol. The zero-order valence-corrected chi connectivity index (χ0v) is 9.07. The SMILES string of the molecule is CC(C)(O)Cc1cnc2ccccc2c1. The molecule has 0 spiro atoms. The molecule has 0 saturated heterocycles. The quantitative estimate of drug-likeness (QED) is 0.810. The molecule has 2 aromatic rings. The molecule has 78 valence electrons. The van der Waals surface area contributed by atoms with Crippen LogP contribution in [0.4, 0.5) is 0 Å². The molecule has 0 aliphatic rings. The molecule has 0 fully saturated rings. The lowest BCUT2D eigenvalue weighted by Crippen LogP contribution is -2.21. The maximum absolute atomic E-state index is 9.72. The lowest BCUT2D eigenvalue weighted by molar-refractivity contribution is 0.0809. The minimum absolute atomic E-state index is 0.630. The van der Waals surface area contributed by atoms with Gasteiger partial charge in [-0.05, 0) is 31.5 Å². The van der Waals surface area contributed by atoms with Crippen molar-refractivity contribution in [3.05, 3.63) is 42.1 Å². The number of pyridine rings is 1. The summed E-state index contributed by atoms with van der Waals surface area (Å²) in [6, 6.07) is 10.1. The fourth-order valence-electron chi connectivity index (χ4n) is 1.71.